The van der Waals surface area contributed by atoms with Crippen LogP contribution in [0.15, 0.2) is 34.2 Å². The third-order valence-electron chi connectivity index (χ3n) is 1.62. The Morgan fingerprint density at radius 2 is 2.00 bits per heavy atom. The highest BCUT2D eigenvalue weighted by Gasteiger charge is 1.98. The van der Waals surface area contributed by atoms with E-state index >= 15 is 0 Å². The van der Waals surface area contributed by atoms with Gasteiger partial charge in [-0.05, 0) is 38.1 Å². The van der Waals surface area contributed by atoms with Crippen molar-refractivity contribution in [2.24, 2.45) is 10.7 Å². The minimum atomic E-state index is -0.219. The molecule has 2 N–H and O–H groups in total. The summed E-state index contributed by atoms with van der Waals surface area (Å²) in [6, 6.07) is 6.58. The predicted octanol–water partition coefficient (Wildman–Crippen LogP) is 2.68. The Bertz CT molecular complexity index is 333. The lowest BCUT2D eigenvalue weighted by molar-refractivity contribution is 0.626. The van der Waals surface area contributed by atoms with E-state index in [0.717, 1.165) is 4.90 Å². The second-order valence-electron chi connectivity index (χ2n) is 3.46. The van der Waals surface area contributed by atoms with Crippen LogP contribution in [0.2, 0.25) is 0 Å². The van der Waals surface area contributed by atoms with Crippen molar-refractivity contribution in [2.45, 2.75) is 24.8 Å². The second-order valence-corrected chi connectivity index (χ2v) is 4.51. The summed E-state index contributed by atoms with van der Waals surface area (Å²) in [4.78, 5) is 5.21. The zero-order valence-electron chi connectivity index (χ0n) is 8.90. The first-order chi connectivity index (χ1) is 7.08. The third kappa shape index (κ3) is 4.83. The van der Waals surface area contributed by atoms with Gasteiger partial charge >= 0.3 is 0 Å². The molecule has 0 saturated heterocycles. The van der Waals surface area contributed by atoms with Crippen LogP contribution in [-0.4, -0.2) is 17.6 Å². The van der Waals surface area contributed by atoms with Gasteiger partial charge < -0.3 is 5.73 Å². The fourth-order valence-electron chi connectivity index (χ4n) is 1.06. The Morgan fingerprint density at radius 1 is 1.40 bits per heavy atom. The minimum absolute atomic E-state index is 0.219. The summed E-state index contributed by atoms with van der Waals surface area (Å²) >= 11 is 1.56. The zero-order chi connectivity index (χ0) is 11.3. The van der Waals surface area contributed by atoms with Crippen molar-refractivity contribution in [1.82, 2.24) is 0 Å². The summed E-state index contributed by atoms with van der Waals surface area (Å²) in [6.07, 6.45) is 0. The van der Waals surface area contributed by atoms with E-state index in [9.17, 15) is 4.39 Å². The van der Waals surface area contributed by atoms with Gasteiger partial charge in [0.2, 0.25) is 0 Å². The molecule has 0 saturated carbocycles. The molecule has 15 heavy (non-hydrogen) atoms. The van der Waals surface area contributed by atoms with Crippen molar-refractivity contribution in [3.8, 4) is 0 Å². The number of amidine groups is 1. The summed E-state index contributed by atoms with van der Waals surface area (Å²) in [5.41, 5.74) is 5.71. The maximum Gasteiger partial charge on any atom is 0.123 e. The molecule has 4 heteroatoms. The largest absolute Gasteiger partial charge is 0.387 e. The fourth-order valence-corrected chi connectivity index (χ4v) is 1.77. The number of halogens is 1. The number of nitrogens with two attached hydrogens (primary N) is 1. The number of aliphatic imine (C=N–C) groups is 1. The van der Waals surface area contributed by atoms with E-state index in [4.69, 9.17) is 5.73 Å². The fraction of sp³-hybridized carbons (Fsp3) is 0.364. The van der Waals surface area contributed by atoms with Crippen molar-refractivity contribution in [3.63, 3.8) is 0 Å². The number of benzene rings is 1. The van der Waals surface area contributed by atoms with E-state index in [1.54, 1.807) is 23.9 Å². The molecule has 0 aliphatic rings. The molecule has 2 nitrogen and oxygen atoms in total. The van der Waals surface area contributed by atoms with Gasteiger partial charge in [0.05, 0.1) is 5.75 Å². The highest BCUT2D eigenvalue weighted by Crippen LogP contribution is 2.17. The minimum Gasteiger partial charge on any atom is -0.387 e. The van der Waals surface area contributed by atoms with Crippen LogP contribution in [0.3, 0.4) is 0 Å². The number of thioether (sulfide) groups is 1. The van der Waals surface area contributed by atoms with Gasteiger partial charge in [0.1, 0.15) is 11.7 Å². The van der Waals surface area contributed by atoms with Crippen LogP contribution in [0, 0.1) is 5.82 Å². The molecule has 0 aliphatic carbocycles. The first-order valence-electron chi connectivity index (χ1n) is 4.78. The average Bonchev–Trinajstić information content (AvgIpc) is 2.16. The Morgan fingerprint density at radius 3 is 2.53 bits per heavy atom. The molecule has 1 aromatic carbocycles. The maximum absolute atomic E-state index is 12.6. The molecule has 0 spiro atoms. The monoisotopic (exact) mass is 226 g/mol. The topological polar surface area (TPSA) is 38.4 Å². The standard InChI is InChI=1S/C11H15FN2S/c1-8(2)14-11(13)7-15-10-5-3-9(12)4-6-10/h3-6,8H,7H2,1-2H3,(H2,13,14). The predicted molar refractivity (Wildman–Crippen MR) is 63.9 cm³/mol. The molecule has 82 valence electrons. The van der Waals surface area contributed by atoms with E-state index in [1.165, 1.54) is 12.1 Å². The molecule has 0 heterocycles. The second kappa shape index (κ2) is 5.75. The molecular formula is C11H15FN2S. The van der Waals surface area contributed by atoms with Crippen LogP contribution in [0.25, 0.3) is 0 Å². The van der Waals surface area contributed by atoms with E-state index in [-0.39, 0.29) is 11.9 Å². The van der Waals surface area contributed by atoms with Crippen molar-refractivity contribution in [1.29, 1.82) is 0 Å². The molecule has 0 atom stereocenters. The van der Waals surface area contributed by atoms with Crippen molar-refractivity contribution in [2.75, 3.05) is 5.75 Å². The molecule has 1 rings (SSSR count). The first-order valence-corrected chi connectivity index (χ1v) is 5.77. The van der Waals surface area contributed by atoms with Crippen LogP contribution < -0.4 is 5.73 Å². The lowest BCUT2D eigenvalue weighted by Gasteiger charge is -2.03. The number of hydrogen-bond acceptors (Lipinski definition) is 2. The molecule has 0 amide bonds. The van der Waals surface area contributed by atoms with Gasteiger partial charge in [-0.15, -0.1) is 11.8 Å². The molecule has 1 aromatic rings. The third-order valence-corrected chi connectivity index (χ3v) is 2.67. The molecular weight excluding hydrogens is 211 g/mol. The highest BCUT2D eigenvalue weighted by molar-refractivity contribution is 8.00. The van der Waals surface area contributed by atoms with Crippen LogP contribution in [0.1, 0.15) is 13.8 Å². The van der Waals surface area contributed by atoms with Gasteiger partial charge in [0.25, 0.3) is 0 Å². The van der Waals surface area contributed by atoms with Crippen LogP contribution in [0.5, 0.6) is 0 Å². The maximum atomic E-state index is 12.6. The van der Waals surface area contributed by atoms with E-state index < -0.39 is 0 Å². The number of nitrogens with zero attached hydrogens (tertiary/aromatic N) is 1. The van der Waals surface area contributed by atoms with Gasteiger partial charge in [0.15, 0.2) is 0 Å². The Kier molecular flexibility index (Phi) is 4.62. The van der Waals surface area contributed by atoms with Crippen LogP contribution in [-0.2, 0) is 0 Å². The normalized spacial score (nSPS) is 12.1. The highest BCUT2D eigenvalue weighted by atomic mass is 32.2. The average molecular weight is 226 g/mol. The summed E-state index contributed by atoms with van der Waals surface area (Å²) in [7, 11) is 0. The molecule has 0 aliphatic heterocycles. The van der Waals surface area contributed by atoms with Gasteiger partial charge in [-0.25, -0.2) is 4.39 Å². The van der Waals surface area contributed by atoms with E-state index in [0.29, 0.717) is 11.6 Å². The quantitative estimate of drug-likeness (QED) is 0.487. The van der Waals surface area contributed by atoms with Gasteiger partial charge in [-0.3, -0.25) is 4.99 Å². The van der Waals surface area contributed by atoms with Crippen LogP contribution >= 0.6 is 11.8 Å². The summed E-state index contributed by atoms with van der Waals surface area (Å²) < 4.78 is 12.6. The van der Waals surface area contributed by atoms with Gasteiger partial charge in [-0.2, -0.15) is 0 Å². The number of rotatable bonds is 4. The lowest BCUT2D eigenvalue weighted by atomic mass is 10.4. The zero-order valence-corrected chi connectivity index (χ0v) is 9.72. The lowest BCUT2D eigenvalue weighted by Crippen LogP contribution is -2.16. The summed E-state index contributed by atoms with van der Waals surface area (Å²) in [5, 5.41) is 0. The SMILES string of the molecule is CC(C)N=C(N)CSc1ccc(F)cc1. The van der Waals surface area contributed by atoms with Crippen molar-refractivity contribution in [3.05, 3.63) is 30.1 Å². The van der Waals surface area contributed by atoms with Gasteiger partial charge in [0, 0.05) is 10.9 Å². The van der Waals surface area contributed by atoms with Gasteiger partial charge in [-0.1, -0.05) is 0 Å². The van der Waals surface area contributed by atoms with E-state index in [2.05, 4.69) is 4.99 Å². The number of hydrogen-bond donors (Lipinski definition) is 1. The molecule has 0 aromatic heterocycles. The van der Waals surface area contributed by atoms with Crippen LogP contribution in [0.4, 0.5) is 4.39 Å². The Hall–Kier alpha value is -1.03. The molecule has 0 fully saturated rings. The molecule has 0 unspecified atom stereocenters. The smallest absolute Gasteiger partial charge is 0.123 e. The first kappa shape index (κ1) is 12.0. The van der Waals surface area contributed by atoms with Crippen molar-refractivity contribution < 1.29 is 4.39 Å². The summed E-state index contributed by atoms with van der Waals surface area (Å²) in [6.45, 7) is 3.96. The molecule has 0 bridgehead atoms. The molecule has 0 radical (unpaired) electrons. The van der Waals surface area contributed by atoms with E-state index in [1.807, 2.05) is 13.8 Å². The Labute approximate surface area is 93.8 Å². The van der Waals surface area contributed by atoms with Crippen molar-refractivity contribution >= 4 is 17.6 Å². The Balaban J connectivity index is 2.47. The summed E-state index contributed by atoms with van der Waals surface area (Å²) in [5.74, 6) is 1.05.